The van der Waals surface area contributed by atoms with Crippen LogP contribution in [-0.4, -0.2) is 27.6 Å². The Morgan fingerprint density at radius 3 is 2.43 bits per heavy atom. The average Bonchev–Trinajstić information content (AvgIpc) is 2.55. The molecule has 0 radical (unpaired) electrons. The number of benzene rings is 1. The molecule has 0 aliphatic rings. The molecule has 0 fully saturated rings. The molecule has 0 aliphatic heterocycles. The number of hydrogen-bond donors (Lipinski definition) is 1. The van der Waals surface area contributed by atoms with Gasteiger partial charge in [0.05, 0.1) is 19.2 Å². The first-order chi connectivity index (χ1) is 10.9. The summed E-state index contributed by atoms with van der Waals surface area (Å²) in [5, 5.41) is 0.117. The van der Waals surface area contributed by atoms with Crippen molar-refractivity contribution in [1.29, 1.82) is 0 Å². The van der Waals surface area contributed by atoms with E-state index in [4.69, 9.17) is 32.7 Å². The molecule has 9 heteroatoms. The van der Waals surface area contributed by atoms with E-state index in [0.717, 1.165) is 6.20 Å². The topological polar surface area (TPSA) is 77.5 Å². The third kappa shape index (κ3) is 4.26. The van der Waals surface area contributed by atoms with E-state index in [1.54, 1.807) is 18.2 Å². The molecule has 2 rings (SSSR count). The van der Waals surface area contributed by atoms with Crippen molar-refractivity contribution < 1.29 is 17.9 Å². The van der Waals surface area contributed by atoms with E-state index in [0.29, 0.717) is 17.1 Å². The zero-order valence-electron chi connectivity index (χ0n) is 12.3. The molecule has 0 spiro atoms. The molecular formula is C14H14Cl2N2O4S. The minimum Gasteiger partial charge on any atom is -0.493 e. The highest BCUT2D eigenvalue weighted by atomic mass is 35.5. The lowest BCUT2D eigenvalue weighted by Gasteiger charge is -2.11. The van der Waals surface area contributed by atoms with E-state index in [9.17, 15) is 8.42 Å². The summed E-state index contributed by atoms with van der Waals surface area (Å²) in [5.74, 6) is 1.08. The zero-order chi connectivity index (χ0) is 17.0. The largest absolute Gasteiger partial charge is 0.493 e. The second-order valence-electron chi connectivity index (χ2n) is 4.46. The normalized spacial score (nSPS) is 11.3. The summed E-state index contributed by atoms with van der Waals surface area (Å²) >= 11 is 11.5. The van der Waals surface area contributed by atoms with Crippen molar-refractivity contribution in [2.24, 2.45) is 0 Å². The van der Waals surface area contributed by atoms with E-state index >= 15 is 0 Å². The van der Waals surface area contributed by atoms with Gasteiger partial charge in [-0.05, 0) is 23.8 Å². The Morgan fingerprint density at radius 1 is 1.13 bits per heavy atom. The number of pyridine rings is 1. The Balaban J connectivity index is 2.17. The predicted molar refractivity (Wildman–Crippen MR) is 87.8 cm³/mol. The summed E-state index contributed by atoms with van der Waals surface area (Å²) in [6.07, 6.45) is 1.14. The Morgan fingerprint density at radius 2 is 1.83 bits per heavy atom. The van der Waals surface area contributed by atoms with E-state index in [2.05, 4.69) is 9.71 Å². The summed E-state index contributed by atoms with van der Waals surface area (Å²) in [4.78, 5) is 3.67. The smallest absolute Gasteiger partial charge is 0.242 e. The molecule has 2 aromatic rings. The van der Waals surface area contributed by atoms with Crippen LogP contribution in [0.15, 0.2) is 35.4 Å². The minimum atomic E-state index is -3.76. The first-order valence-corrected chi connectivity index (χ1v) is 8.63. The van der Waals surface area contributed by atoms with Crippen molar-refractivity contribution in [3.8, 4) is 11.5 Å². The highest BCUT2D eigenvalue weighted by Gasteiger charge is 2.16. The summed E-state index contributed by atoms with van der Waals surface area (Å²) < 4.78 is 37.2. The zero-order valence-corrected chi connectivity index (χ0v) is 14.7. The highest BCUT2D eigenvalue weighted by molar-refractivity contribution is 7.89. The molecular weight excluding hydrogens is 363 g/mol. The standard InChI is InChI=1S/C14H14Cl2N2O4S/c1-21-12-4-3-9(5-13(12)22-2)7-18-23(19,20)10-6-11(15)14(16)17-8-10/h3-6,8,18H,7H2,1-2H3. The van der Waals surface area contributed by atoms with Crippen molar-refractivity contribution in [1.82, 2.24) is 9.71 Å². The van der Waals surface area contributed by atoms with Gasteiger partial charge in [-0.3, -0.25) is 0 Å². The van der Waals surface area contributed by atoms with Crippen LogP contribution >= 0.6 is 23.2 Å². The van der Waals surface area contributed by atoms with E-state index in [1.807, 2.05) is 0 Å². The fourth-order valence-electron chi connectivity index (χ4n) is 1.80. The van der Waals surface area contributed by atoms with Crippen molar-refractivity contribution in [2.75, 3.05) is 14.2 Å². The fraction of sp³-hybridized carbons (Fsp3) is 0.214. The van der Waals surface area contributed by atoms with Crippen LogP contribution in [0.2, 0.25) is 10.2 Å². The molecule has 1 N–H and O–H groups in total. The van der Waals surface area contributed by atoms with E-state index < -0.39 is 10.0 Å². The Kier molecular flexibility index (Phi) is 5.69. The molecule has 0 saturated carbocycles. The summed E-state index contributed by atoms with van der Waals surface area (Å²) in [6.45, 7) is 0.0724. The maximum atomic E-state index is 12.2. The number of methoxy groups -OCH3 is 2. The molecule has 6 nitrogen and oxygen atoms in total. The van der Waals surface area contributed by atoms with Crippen LogP contribution in [0.1, 0.15) is 5.56 Å². The molecule has 1 aromatic carbocycles. The summed E-state index contributed by atoms with van der Waals surface area (Å²) in [5.41, 5.74) is 0.708. The highest BCUT2D eigenvalue weighted by Crippen LogP contribution is 2.28. The van der Waals surface area contributed by atoms with Gasteiger partial charge >= 0.3 is 0 Å². The first-order valence-electron chi connectivity index (χ1n) is 6.39. The van der Waals surface area contributed by atoms with Gasteiger partial charge in [-0.2, -0.15) is 0 Å². The van der Waals surface area contributed by atoms with Crippen molar-refractivity contribution >= 4 is 33.2 Å². The molecule has 1 heterocycles. The van der Waals surface area contributed by atoms with Crippen LogP contribution < -0.4 is 14.2 Å². The lowest BCUT2D eigenvalue weighted by atomic mass is 10.2. The molecule has 0 amide bonds. The number of aromatic nitrogens is 1. The van der Waals surface area contributed by atoms with Crippen LogP contribution in [-0.2, 0) is 16.6 Å². The predicted octanol–water partition coefficient (Wildman–Crippen LogP) is 2.88. The van der Waals surface area contributed by atoms with Crippen molar-refractivity contribution in [2.45, 2.75) is 11.4 Å². The van der Waals surface area contributed by atoms with E-state index in [1.165, 1.54) is 20.3 Å². The molecule has 0 bridgehead atoms. The molecule has 1 aromatic heterocycles. The molecule has 0 unspecified atom stereocenters. The van der Waals surface area contributed by atoms with Gasteiger partial charge < -0.3 is 9.47 Å². The average molecular weight is 377 g/mol. The van der Waals surface area contributed by atoms with Crippen LogP contribution in [0.3, 0.4) is 0 Å². The van der Waals surface area contributed by atoms with Crippen molar-refractivity contribution in [3.05, 3.63) is 46.2 Å². The molecule has 0 aliphatic carbocycles. The lowest BCUT2D eigenvalue weighted by molar-refractivity contribution is 0.354. The molecule has 124 valence electrons. The van der Waals surface area contributed by atoms with Gasteiger partial charge in [0, 0.05) is 12.7 Å². The maximum Gasteiger partial charge on any atom is 0.242 e. The molecule has 23 heavy (non-hydrogen) atoms. The van der Waals surface area contributed by atoms with Gasteiger partial charge in [-0.15, -0.1) is 0 Å². The molecule has 0 saturated heterocycles. The quantitative estimate of drug-likeness (QED) is 0.784. The van der Waals surface area contributed by atoms with E-state index in [-0.39, 0.29) is 21.6 Å². The van der Waals surface area contributed by atoms with Crippen LogP contribution in [0.5, 0.6) is 11.5 Å². The van der Waals surface area contributed by atoms with Crippen molar-refractivity contribution in [3.63, 3.8) is 0 Å². The van der Waals surface area contributed by atoms with Gasteiger partial charge in [0.15, 0.2) is 11.5 Å². The number of hydrogen-bond acceptors (Lipinski definition) is 5. The number of nitrogens with zero attached hydrogens (tertiary/aromatic N) is 1. The number of rotatable bonds is 6. The molecule has 0 atom stereocenters. The van der Waals surface area contributed by atoms with Gasteiger partial charge in [0.25, 0.3) is 0 Å². The second-order valence-corrected chi connectivity index (χ2v) is 6.99. The Bertz CT molecular complexity index is 812. The van der Waals surface area contributed by atoms with Crippen LogP contribution in [0.25, 0.3) is 0 Å². The summed E-state index contributed by atoms with van der Waals surface area (Å²) in [7, 11) is -0.728. The minimum absolute atomic E-state index is 0.0468. The fourth-order valence-corrected chi connectivity index (χ4v) is 3.13. The first kappa shape index (κ1) is 17.8. The van der Waals surface area contributed by atoms with Gasteiger partial charge in [-0.1, -0.05) is 29.3 Å². The number of sulfonamides is 1. The lowest BCUT2D eigenvalue weighted by Crippen LogP contribution is -2.23. The van der Waals surface area contributed by atoms with Crippen LogP contribution in [0.4, 0.5) is 0 Å². The SMILES string of the molecule is COc1ccc(CNS(=O)(=O)c2cnc(Cl)c(Cl)c2)cc1OC. The van der Waals surface area contributed by atoms with Gasteiger partial charge in [0.1, 0.15) is 10.0 Å². The van der Waals surface area contributed by atoms with Gasteiger partial charge in [0.2, 0.25) is 10.0 Å². The second kappa shape index (κ2) is 7.35. The maximum absolute atomic E-state index is 12.2. The van der Waals surface area contributed by atoms with Crippen LogP contribution in [0, 0.1) is 0 Å². The third-order valence-corrected chi connectivity index (χ3v) is 5.05. The third-order valence-electron chi connectivity index (χ3n) is 3.00. The number of halogens is 2. The Labute approximate surface area is 144 Å². The van der Waals surface area contributed by atoms with Gasteiger partial charge in [-0.25, -0.2) is 18.1 Å². The number of ether oxygens (including phenoxy) is 2. The summed E-state index contributed by atoms with van der Waals surface area (Å²) in [6, 6.07) is 6.36. The monoisotopic (exact) mass is 376 g/mol. The Hall–Kier alpha value is -1.54. The number of nitrogens with one attached hydrogen (secondary N) is 1.